The molecule has 0 aliphatic rings. The molecule has 0 aromatic carbocycles. The minimum atomic E-state index is -0.666. The molecule has 60 valence electrons. The van der Waals surface area contributed by atoms with Crippen LogP contribution in [0.5, 0.6) is 0 Å². The highest BCUT2D eigenvalue weighted by molar-refractivity contribution is 5.90. The quantitative estimate of drug-likeness (QED) is 0.461. The van der Waals surface area contributed by atoms with Crippen LogP contribution in [0.1, 0.15) is 6.92 Å². The maximum Gasteiger partial charge on any atom is 0.358 e. The third-order valence-corrected chi connectivity index (χ3v) is 0.778. The first-order chi connectivity index (χ1) is 5.07. The highest BCUT2D eigenvalue weighted by atomic mass is 16.7. The lowest BCUT2D eigenvalue weighted by Crippen LogP contribution is -2.25. The molecule has 0 unspecified atom stereocenters. The predicted molar refractivity (Wildman–Crippen MR) is 39.2 cm³/mol. The molecule has 1 amide bonds. The van der Waals surface area contributed by atoms with Crippen molar-refractivity contribution in [3.05, 3.63) is 24.8 Å². The molecule has 11 heavy (non-hydrogen) atoms. The first-order valence-corrected chi connectivity index (χ1v) is 2.87. The van der Waals surface area contributed by atoms with Gasteiger partial charge in [-0.3, -0.25) is 4.79 Å². The molecule has 0 saturated carbocycles. The number of hydroxylamine groups is 1. The molecule has 0 atom stereocenters. The van der Waals surface area contributed by atoms with E-state index in [2.05, 4.69) is 18.0 Å². The lowest BCUT2D eigenvalue weighted by atomic mass is 10.4. The van der Waals surface area contributed by atoms with Gasteiger partial charge in [0.15, 0.2) is 0 Å². The van der Waals surface area contributed by atoms with E-state index in [0.29, 0.717) is 0 Å². The van der Waals surface area contributed by atoms with Crippen LogP contribution in [-0.4, -0.2) is 11.9 Å². The van der Waals surface area contributed by atoms with Gasteiger partial charge in [-0.15, -0.1) is 0 Å². The maximum atomic E-state index is 10.6. The molecule has 0 spiro atoms. The van der Waals surface area contributed by atoms with Gasteiger partial charge < -0.3 is 4.84 Å². The van der Waals surface area contributed by atoms with Crippen molar-refractivity contribution >= 4 is 11.9 Å². The summed E-state index contributed by atoms with van der Waals surface area (Å²) in [6.07, 6.45) is 0.992. The van der Waals surface area contributed by atoms with Crippen molar-refractivity contribution in [2.24, 2.45) is 0 Å². The zero-order valence-electron chi connectivity index (χ0n) is 6.22. The number of carbonyl (C=O) groups is 2. The molecule has 0 rings (SSSR count). The van der Waals surface area contributed by atoms with E-state index in [4.69, 9.17) is 0 Å². The molecule has 4 heteroatoms. The normalized spacial score (nSPS) is 8.09. The monoisotopic (exact) mass is 155 g/mol. The average Bonchev–Trinajstić information content (AvgIpc) is 1.99. The smallest absolute Gasteiger partial charge is 0.335 e. The van der Waals surface area contributed by atoms with E-state index in [-0.39, 0.29) is 5.57 Å². The molecular weight excluding hydrogens is 146 g/mol. The highest BCUT2D eigenvalue weighted by Crippen LogP contribution is 1.88. The first kappa shape index (κ1) is 9.42. The van der Waals surface area contributed by atoms with Gasteiger partial charge in [-0.1, -0.05) is 13.2 Å². The van der Waals surface area contributed by atoms with Crippen molar-refractivity contribution in [1.29, 1.82) is 0 Å². The van der Waals surface area contributed by atoms with Gasteiger partial charge in [0, 0.05) is 5.57 Å². The van der Waals surface area contributed by atoms with Crippen LogP contribution in [-0.2, 0) is 14.4 Å². The van der Waals surface area contributed by atoms with Crippen molar-refractivity contribution in [2.45, 2.75) is 6.92 Å². The molecule has 0 radical (unpaired) electrons. The third-order valence-electron chi connectivity index (χ3n) is 0.778. The number of hydrogen-bond donors (Lipinski definition) is 1. The summed E-state index contributed by atoms with van der Waals surface area (Å²) in [5, 5.41) is 0. The second-order valence-corrected chi connectivity index (χ2v) is 1.84. The summed E-state index contributed by atoms with van der Waals surface area (Å²) in [5.74, 6) is -1.24. The summed E-state index contributed by atoms with van der Waals surface area (Å²) < 4.78 is 0. The SMILES string of the molecule is C=CC(=O)NOC(=O)C(=C)C. The van der Waals surface area contributed by atoms with E-state index in [1.54, 1.807) is 0 Å². The Hall–Kier alpha value is -1.58. The Bertz CT molecular complexity index is 208. The Morgan fingerprint density at radius 3 is 2.45 bits per heavy atom. The molecule has 0 bridgehead atoms. The number of nitrogens with one attached hydrogen (secondary N) is 1. The van der Waals surface area contributed by atoms with E-state index in [9.17, 15) is 9.59 Å². The molecule has 0 heterocycles. The van der Waals surface area contributed by atoms with Gasteiger partial charge in [-0.05, 0) is 13.0 Å². The Morgan fingerprint density at radius 1 is 1.55 bits per heavy atom. The molecule has 4 nitrogen and oxygen atoms in total. The van der Waals surface area contributed by atoms with Crippen LogP contribution in [0.3, 0.4) is 0 Å². The molecular formula is C7H9NO3. The Labute approximate surface area is 64.5 Å². The summed E-state index contributed by atoms with van der Waals surface area (Å²) in [5.41, 5.74) is 2.06. The van der Waals surface area contributed by atoms with Crippen LogP contribution < -0.4 is 5.48 Å². The fraction of sp³-hybridized carbons (Fsp3) is 0.143. The standard InChI is InChI=1S/C7H9NO3/c1-4-6(9)8-11-7(10)5(2)3/h4H,1-2H2,3H3,(H,8,9). The summed E-state index contributed by atoms with van der Waals surface area (Å²) in [6, 6.07) is 0. The zero-order valence-corrected chi connectivity index (χ0v) is 6.22. The Balaban J connectivity index is 3.71. The number of amides is 1. The lowest BCUT2D eigenvalue weighted by Gasteiger charge is -2.00. The molecule has 0 aromatic rings. The van der Waals surface area contributed by atoms with Crippen molar-refractivity contribution in [2.75, 3.05) is 0 Å². The highest BCUT2D eigenvalue weighted by Gasteiger charge is 2.03. The van der Waals surface area contributed by atoms with Crippen LogP contribution in [0.25, 0.3) is 0 Å². The van der Waals surface area contributed by atoms with Crippen molar-refractivity contribution < 1.29 is 14.4 Å². The Kier molecular flexibility index (Phi) is 3.66. The number of hydrogen-bond acceptors (Lipinski definition) is 3. The summed E-state index contributed by atoms with van der Waals surface area (Å²) in [6.45, 7) is 7.94. The van der Waals surface area contributed by atoms with Gasteiger partial charge in [0.2, 0.25) is 0 Å². The van der Waals surface area contributed by atoms with Crippen molar-refractivity contribution in [3.63, 3.8) is 0 Å². The number of rotatable bonds is 2. The average molecular weight is 155 g/mol. The van der Waals surface area contributed by atoms with Crippen LogP contribution in [0.15, 0.2) is 24.8 Å². The van der Waals surface area contributed by atoms with Crippen LogP contribution in [0, 0.1) is 0 Å². The predicted octanol–water partition coefficient (Wildman–Crippen LogP) is 0.323. The maximum absolute atomic E-state index is 10.6. The van der Waals surface area contributed by atoms with Gasteiger partial charge in [0.05, 0.1) is 0 Å². The minimum Gasteiger partial charge on any atom is -0.335 e. The van der Waals surface area contributed by atoms with Crippen molar-refractivity contribution in [3.8, 4) is 0 Å². The number of carbonyl (C=O) groups excluding carboxylic acids is 2. The van der Waals surface area contributed by atoms with E-state index >= 15 is 0 Å². The van der Waals surface area contributed by atoms with E-state index < -0.39 is 11.9 Å². The second-order valence-electron chi connectivity index (χ2n) is 1.84. The molecule has 0 saturated heterocycles. The van der Waals surface area contributed by atoms with E-state index in [1.165, 1.54) is 6.92 Å². The van der Waals surface area contributed by atoms with E-state index in [1.807, 2.05) is 5.48 Å². The third kappa shape index (κ3) is 3.91. The second kappa shape index (κ2) is 4.27. The summed E-state index contributed by atoms with van der Waals surface area (Å²) >= 11 is 0. The molecule has 0 aromatic heterocycles. The summed E-state index contributed by atoms with van der Waals surface area (Å²) in [4.78, 5) is 25.2. The summed E-state index contributed by atoms with van der Waals surface area (Å²) in [7, 11) is 0. The zero-order chi connectivity index (χ0) is 8.85. The van der Waals surface area contributed by atoms with Gasteiger partial charge in [-0.2, -0.15) is 5.48 Å². The Morgan fingerprint density at radius 2 is 2.09 bits per heavy atom. The largest absolute Gasteiger partial charge is 0.358 e. The fourth-order valence-electron chi connectivity index (χ4n) is 0.225. The molecule has 1 N–H and O–H groups in total. The molecule has 0 fully saturated rings. The van der Waals surface area contributed by atoms with Crippen LogP contribution in [0.2, 0.25) is 0 Å². The molecule has 0 aliphatic carbocycles. The topological polar surface area (TPSA) is 55.4 Å². The van der Waals surface area contributed by atoms with Gasteiger partial charge in [0.1, 0.15) is 0 Å². The minimum absolute atomic E-state index is 0.217. The van der Waals surface area contributed by atoms with Gasteiger partial charge in [0.25, 0.3) is 5.91 Å². The van der Waals surface area contributed by atoms with E-state index in [0.717, 1.165) is 6.08 Å². The van der Waals surface area contributed by atoms with Gasteiger partial charge in [-0.25, -0.2) is 4.79 Å². The lowest BCUT2D eigenvalue weighted by molar-refractivity contribution is -0.152. The van der Waals surface area contributed by atoms with Crippen molar-refractivity contribution in [1.82, 2.24) is 5.48 Å². The fourth-order valence-corrected chi connectivity index (χ4v) is 0.225. The molecule has 0 aliphatic heterocycles. The van der Waals surface area contributed by atoms with Crippen LogP contribution >= 0.6 is 0 Å². The first-order valence-electron chi connectivity index (χ1n) is 2.87. The van der Waals surface area contributed by atoms with Crippen LogP contribution in [0.4, 0.5) is 0 Å². The van der Waals surface area contributed by atoms with Gasteiger partial charge >= 0.3 is 5.97 Å².